The summed E-state index contributed by atoms with van der Waals surface area (Å²) in [6.45, 7) is 0.517. The molecule has 1 aliphatic carbocycles. The predicted octanol–water partition coefficient (Wildman–Crippen LogP) is 2.45. The van der Waals surface area contributed by atoms with Crippen molar-refractivity contribution in [3.05, 3.63) is 34.3 Å². The molecule has 0 unspecified atom stereocenters. The molecule has 0 bridgehead atoms. The number of halogens is 1. The lowest BCUT2D eigenvalue weighted by molar-refractivity contribution is 0.0902. The van der Waals surface area contributed by atoms with Crippen LogP contribution in [0.2, 0.25) is 0 Å². The van der Waals surface area contributed by atoms with E-state index in [1.54, 1.807) is 0 Å². The highest BCUT2D eigenvalue weighted by Crippen LogP contribution is 2.29. The molecule has 1 amide bonds. The Bertz CT molecular complexity index is 414. The summed E-state index contributed by atoms with van der Waals surface area (Å²) >= 11 is 3.39. The Morgan fingerprint density at radius 1 is 1.35 bits per heavy atom. The molecule has 0 aliphatic heterocycles. The number of rotatable bonds is 3. The van der Waals surface area contributed by atoms with Gasteiger partial charge in [0.1, 0.15) is 0 Å². The Kier molecular flexibility index (Phi) is 3.84. The lowest BCUT2D eigenvalue weighted by Crippen LogP contribution is -2.51. The molecule has 3 N–H and O–H groups in total. The van der Waals surface area contributed by atoms with Crippen molar-refractivity contribution in [1.82, 2.24) is 5.32 Å². The molecule has 1 saturated carbocycles. The van der Waals surface area contributed by atoms with Gasteiger partial charge in [-0.15, -0.1) is 0 Å². The van der Waals surface area contributed by atoms with Gasteiger partial charge < -0.3 is 11.1 Å². The lowest BCUT2D eigenvalue weighted by Gasteiger charge is -2.28. The second-order valence-corrected chi connectivity index (χ2v) is 5.48. The van der Waals surface area contributed by atoms with Crippen LogP contribution in [0.3, 0.4) is 0 Å². The third-order valence-corrected chi connectivity index (χ3v) is 4.14. The van der Waals surface area contributed by atoms with Gasteiger partial charge in [-0.2, -0.15) is 0 Å². The van der Waals surface area contributed by atoms with Gasteiger partial charge in [-0.3, -0.25) is 4.79 Å². The number of hydrogen-bond donors (Lipinski definition) is 2. The van der Waals surface area contributed by atoms with Crippen LogP contribution in [0.5, 0.6) is 0 Å². The van der Waals surface area contributed by atoms with E-state index < -0.39 is 0 Å². The standard InChI is InChI=1S/C13H17BrN2O/c14-11-6-2-1-5-10(11)12(17)16-13(9-15)7-3-4-8-13/h1-2,5-6H,3-4,7-9,15H2,(H,16,17). The Hall–Kier alpha value is -0.870. The summed E-state index contributed by atoms with van der Waals surface area (Å²) in [5.41, 5.74) is 6.29. The van der Waals surface area contributed by atoms with Crippen LogP contribution in [0.1, 0.15) is 36.0 Å². The van der Waals surface area contributed by atoms with Gasteiger partial charge in [0.05, 0.1) is 11.1 Å². The van der Waals surface area contributed by atoms with Gasteiger partial charge in [0.2, 0.25) is 0 Å². The average Bonchev–Trinajstić information content (AvgIpc) is 2.79. The molecule has 1 fully saturated rings. The summed E-state index contributed by atoms with van der Waals surface area (Å²) in [5.74, 6) is -0.0372. The van der Waals surface area contributed by atoms with Crippen LogP contribution in [0.25, 0.3) is 0 Å². The smallest absolute Gasteiger partial charge is 0.252 e. The topological polar surface area (TPSA) is 55.1 Å². The van der Waals surface area contributed by atoms with Crippen LogP contribution >= 0.6 is 15.9 Å². The summed E-state index contributed by atoms with van der Waals surface area (Å²) < 4.78 is 0.822. The van der Waals surface area contributed by atoms with E-state index in [-0.39, 0.29) is 11.4 Å². The number of amides is 1. The minimum atomic E-state index is -0.188. The van der Waals surface area contributed by atoms with Gasteiger partial charge in [-0.25, -0.2) is 0 Å². The van der Waals surface area contributed by atoms with Crippen LogP contribution in [-0.4, -0.2) is 18.0 Å². The molecule has 0 spiro atoms. The molecule has 17 heavy (non-hydrogen) atoms. The van der Waals surface area contributed by atoms with Crippen molar-refractivity contribution in [3.63, 3.8) is 0 Å². The summed E-state index contributed by atoms with van der Waals surface area (Å²) in [5, 5.41) is 3.11. The summed E-state index contributed by atoms with van der Waals surface area (Å²) in [7, 11) is 0. The molecule has 1 aromatic carbocycles. The summed E-state index contributed by atoms with van der Waals surface area (Å²) in [6, 6.07) is 7.45. The minimum Gasteiger partial charge on any atom is -0.345 e. The van der Waals surface area contributed by atoms with Gasteiger partial charge in [-0.05, 0) is 40.9 Å². The maximum atomic E-state index is 12.2. The van der Waals surface area contributed by atoms with Crippen LogP contribution in [0.4, 0.5) is 0 Å². The van der Waals surface area contributed by atoms with Crippen LogP contribution in [0.15, 0.2) is 28.7 Å². The van der Waals surface area contributed by atoms with Crippen molar-refractivity contribution in [3.8, 4) is 0 Å². The molecular formula is C13H17BrN2O. The van der Waals surface area contributed by atoms with E-state index in [4.69, 9.17) is 5.73 Å². The number of carbonyl (C=O) groups is 1. The Balaban J connectivity index is 2.14. The Labute approximate surface area is 110 Å². The van der Waals surface area contributed by atoms with E-state index in [9.17, 15) is 4.79 Å². The van der Waals surface area contributed by atoms with Crippen molar-refractivity contribution in [2.45, 2.75) is 31.2 Å². The van der Waals surface area contributed by atoms with Gasteiger partial charge in [0.15, 0.2) is 0 Å². The molecule has 1 aliphatic rings. The molecular weight excluding hydrogens is 280 g/mol. The Morgan fingerprint density at radius 2 is 2.00 bits per heavy atom. The van der Waals surface area contributed by atoms with Crippen LogP contribution in [0, 0.1) is 0 Å². The van der Waals surface area contributed by atoms with E-state index in [0.29, 0.717) is 12.1 Å². The number of hydrogen-bond acceptors (Lipinski definition) is 2. The molecule has 3 nitrogen and oxygen atoms in total. The van der Waals surface area contributed by atoms with E-state index in [0.717, 1.165) is 30.2 Å². The lowest BCUT2D eigenvalue weighted by atomic mass is 9.97. The third-order valence-electron chi connectivity index (χ3n) is 3.45. The molecule has 0 radical (unpaired) electrons. The Morgan fingerprint density at radius 3 is 2.59 bits per heavy atom. The van der Waals surface area contributed by atoms with E-state index in [1.807, 2.05) is 24.3 Å². The van der Waals surface area contributed by atoms with Crippen molar-refractivity contribution >= 4 is 21.8 Å². The first kappa shape index (κ1) is 12.6. The highest BCUT2D eigenvalue weighted by atomic mass is 79.9. The van der Waals surface area contributed by atoms with E-state index in [1.165, 1.54) is 0 Å². The van der Waals surface area contributed by atoms with Crippen LogP contribution in [-0.2, 0) is 0 Å². The monoisotopic (exact) mass is 296 g/mol. The van der Waals surface area contributed by atoms with Gasteiger partial charge >= 0.3 is 0 Å². The first-order valence-corrected chi connectivity index (χ1v) is 6.73. The fraction of sp³-hybridized carbons (Fsp3) is 0.462. The number of carbonyl (C=O) groups excluding carboxylic acids is 1. The van der Waals surface area contributed by atoms with E-state index in [2.05, 4.69) is 21.2 Å². The van der Waals surface area contributed by atoms with Crippen LogP contribution < -0.4 is 11.1 Å². The molecule has 0 heterocycles. The zero-order chi connectivity index (χ0) is 12.3. The number of nitrogens with two attached hydrogens (primary N) is 1. The third kappa shape index (κ3) is 2.69. The first-order valence-electron chi connectivity index (χ1n) is 5.94. The number of nitrogens with one attached hydrogen (secondary N) is 1. The minimum absolute atomic E-state index is 0.0372. The molecule has 0 atom stereocenters. The fourth-order valence-corrected chi connectivity index (χ4v) is 2.85. The van der Waals surface area contributed by atoms with Gasteiger partial charge in [-0.1, -0.05) is 25.0 Å². The molecule has 92 valence electrons. The normalized spacial score (nSPS) is 18.0. The molecule has 2 rings (SSSR count). The summed E-state index contributed by atoms with van der Waals surface area (Å²) in [6.07, 6.45) is 4.26. The first-order chi connectivity index (χ1) is 8.17. The molecule has 4 heteroatoms. The SMILES string of the molecule is NCC1(NC(=O)c2ccccc2Br)CCCC1. The maximum absolute atomic E-state index is 12.2. The highest BCUT2D eigenvalue weighted by Gasteiger charge is 2.34. The quantitative estimate of drug-likeness (QED) is 0.900. The van der Waals surface area contributed by atoms with Crippen molar-refractivity contribution in [2.24, 2.45) is 5.73 Å². The van der Waals surface area contributed by atoms with Crippen molar-refractivity contribution in [1.29, 1.82) is 0 Å². The highest BCUT2D eigenvalue weighted by molar-refractivity contribution is 9.10. The zero-order valence-electron chi connectivity index (χ0n) is 9.71. The maximum Gasteiger partial charge on any atom is 0.252 e. The second kappa shape index (κ2) is 5.19. The molecule has 0 saturated heterocycles. The fourth-order valence-electron chi connectivity index (χ4n) is 2.39. The largest absolute Gasteiger partial charge is 0.345 e. The van der Waals surface area contributed by atoms with Gasteiger partial charge in [0, 0.05) is 11.0 Å². The van der Waals surface area contributed by atoms with Gasteiger partial charge in [0.25, 0.3) is 5.91 Å². The van der Waals surface area contributed by atoms with Crippen molar-refractivity contribution in [2.75, 3.05) is 6.54 Å². The molecule has 1 aromatic rings. The van der Waals surface area contributed by atoms with E-state index >= 15 is 0 Å². The summed E-state index contributed by atoms with van der Waals surface area (Å²) in [4.78, 5) is 12.2. The zero-order valence-corrected chi connectivity index (χ0v) is 11.3. The molecule has 0 aromatic heterocycles. The number of benzene rings is 1. The van der Waals surface area contributed by atoms with Crippen molar-refractivity contribution < 1.29 is 4.79 Å². The second-order valence-electron chi connectivity index (χ2n) is 4.63. The average molecular weight is 297 g/mol. The predicted molar refractivity (Wildman–Crippen MR) is 71.9 cm³/mol.